The van der Waals surface area contributed by atoms with Crippen LogP contribution in [0.4, 0.5) is 0 Å². The van der Waals surface area contributed by atoms with E-state index in [1.807, 2.05) is 36.9 Å². The van der Waals surface area contributed by atoms with Crippen LogP contribution in [0.5, 0.6) is 0 Å². The summed E-state index contributed by atoms with van der Waals surface area (Å²) in [6.45, 7) is 10.2. The molecule has 0 fully saturated rings. The maximum Gasteiger partial charge on any atom is 0.0561 e. The van der Waals surface area contributed by atoms with Crippen molar-refractivity contribution in [2.75, 3.05) is 0 Å². The van der Waals surface area contributed by atoms with E-state index in [2.05, 4.69) is 145 Å². The first-order valence-corrected chi connectivity index (χ1v) is 22.5. The fourth-order valence-corrected chi connectivity index (χ4v) is 11.7. The van der Waals surface area contributed by atoms with Crippen molar-refractivity contribution in [3.63, 3.8) is 0 Å². The molecule has 2 heterocycles. The van der Waals surface area contributed by atoms with Crippen molar-refractivity contribution in [3.05, 3.63) is 166 Å². The van der Waals surface area contributed by atoms with Gasteiger partial charge < -0.3 is 0 Å². The number of hydrogen-bond donors (Lipinski definition) is 0. The normalized spacial score (nSPS) is 12.3. The average Bonchev–Trinajstić information content (AvgIpc) is 3.02. The van der Waals surface area contributed by atoms with Crippen molar-refractivity contribution < 1.29 is 0 Å². The SMILES string of the molecule is C[Si](C)(Cc1ccc(/C=C/c2cccnc2)cc1)Cc1ccccc1C[Si](C)(C)Cc1ccc(/C=C/c2cccnc2)cc1. The second-order valence-corrected chi connectivity index (χ2v) is 23.6. The van der Waals surface area contributed by atoms with Gasteiger partial charge in [-0.2, -0.15) is 0 Å². The van der Waals surface area contributed by atoms with E-state index >= 15 is 0 Å². The van der Waals surface area contributed by atoms with Crippen molar-refractivity contribution in [1.82, 2.24) is 9.97 Å². The number of benzene rings is 3. The molecule has 0 aliphatic heterocycles. The second-order valence-electron chi connectivity index (χ2n) is 13.5. The molecule has 0 aliphatic rings. The summed E-state index contributed by atoms with van der Waals surface area (Å²) in [5.74, 6) is 0. The fourth-order valence-electron chi connectivity index (χ4n) is 5.99. The van der Waals surface area contributed by atoms with Crippen molar-refractivity contribution in [2.45, 2.75) is 50.4 Å². The summed E-state index contributed by atoms with van der Waals surface area (Å²) in [5, 5.41) is 0. The van der Waals surface area contributed by atoms with Gasteiger partial charge in [0.1, 0.15) is 0 Å². The Kier molecular flexibility index (Phi) is 10.4. The van der Waals surface area contributed by atoms with Crippen LogP contribution in [0.25, 0.3) is 24.3 Å². The van der Waals surface area contributed by atoms with E-state index in [1.54, 1.807) is 11.1 Å². The Morgan fingerprint density at radius 1 is 0.432 bits per heavy atom. The fraction of sp³-hybridized carbons (Fsp3) is 0.200. The zero-order valence-electron chi connectivity index (χ0n) is 26.6. The third-order valence-electron chi connectivity index (χ3n) is 8.09. The number of hydrogen-bond acceptors (Lipinski definition) is 2. The second kappa shape index (κ2) is 14.6. The zero-order valence-corrected chi connectivity index (χ0v) is 28.6. The molecule has 0 aliphatic carbocycles. The molecule has 0 saturated carbocycles. The molecule has 2 aromatic heterocycles. The maximum absolute atomic E-state index is 4.20. The Morgan fingerprint density at radius 2 is 0.818 bits per heavy atom. The summed E-state index contributed by atoms with van der Waals surface area (Å²) in [6, 6.07) is 40.4. The predicted octanol–water partition coefficient (Wildman–Crippen LogP) is 9.96. The number of pyridine rings is 2. The van der Waals surface area contributed by atoms with Gasteiger partial charge in [-0.1, -0.05) is 147 Å². The van der Waals surface area contributed by atoms with Crippen molar-refractivity contribution in [3.8, 4) is 0 Å². The van der Waals surface area contributed by atoms with Gasteiger partial charge in [0.05, 0.1) is 16.1 Å². The molecule has 222 valence electrons. The van der Waals surface area contributed by atoms with E-state index in [-0.39, 0.29) is 0 Å². The topological polar surface area (TPSA) is 25.8 Å². The van der Waals surface area contributed by atoms with Gasteiger partial charge in [0.25, 0.3) is 0 Å². The predicted molar refractivity (Wildman–Crippen MR) is 195 cm³/mol. The lowest BCUT2D eigenvalue weighted by atomic mass is 10.1. The van der Waals surface area contributed by atoms with E-state index < -0.39 is 16.1 Å². The van der Waals surface area contributed by atoms with E-state index in [1.165, 1.54) is 46.4 Å². The third-order valence-corrected chi connectivity index (χ3v) is 13.5. The highest BCUT2D eigenvalue weighted by Crippen LogP contribution is 2.25. The van der Waals surface area contributed by atoms with Crippen LogP contribution in [-0.2, 0) is 24.2 Å². The van der Waals surface area contributed by atoms with Gasteiger partial charge in [-0.05, 0) is 69.7 Å². The molecule has 0 radical (unpaired) electrons. The lowest BCUT2D eigenvalue weighted by Crippen LogP contribution is -2.36. The summed E-state index contributed by atoms with van der Waals surface area (Å²) in [7, 11) is -3.03. The summed E-state index contributed by atoms with van der Waals surface area (Å²) >= 11 is 0. The molecular formula is C40H44N2Si2. The standard InChI is InChI=1S/C40H44N2Si2/c1-43(2,29-37-21-15-33(16-22-37)13-19-35-9-7-25-41-27-35)31-39-11-5-6-12-40(39)32-44(3,4)30-38-23-17-34(18-24-38)14-20-36-10-8-26-42-28-36/h5-28H,29-32H2,1-4H3/b19-13+,20-14+. The summed E-state index contributed by atoms with van der Waals surface area (Å²) < 4.78 is 0. The molecule has 44 heavy (non-hydrogen) atoms. The molecule has 2 nitrogen and oxygen atoms in total. The Morgan fingerprint density at radius 3 is 1.18 bits per heavy atom. The average molecular weight is 609 g/mol. The molecule has 0 saturated heterocycles. The van der Waals surface area contributed by atoms with Gasteiger partial charge in [0.15, 0.2) is 0 Å². The van der Waals surface area contributed by atoms with Crippen LogP contribution in [0.2, 0.25) is 26.2 Å². The summed E-state index contributed by atoms with van der Waals surface area (Å²) in [4.78, 5) is 8.40. The monoisotopic (exact) mass is 608 g/mol. The van der Waals surface area contributed by atoms with Crippen molar-refractivity contribution >= 4 is 40.5 Å². The highest BCUT2D eigenvalue weighted by atomic mass is 28.3. The van der Waals surface area contributed by atoms with Crippen LogP contribution >= 0.6 is 0 Å². The van der Waals surface area contributed by atoms with Gasteiger partial charge in [-0.3, -0.25) is 9.97 Å². The van der Waals surface area contributed by atoms with Gasteiger partial charge >= 0.3 is 0 Å². The minimum absolute atomic E-state index is 1.12. The minimum Gasteiger partial charge on any atom is -0.264 e. The molecule has 0 atom stereocenters. The molecule has 0 unspecified atom stereocenters. The maximum atomic E-state index is 4.20. The van der Waals surface area contributed by atoms with Gasteiger partial charge in [-0.25, -0.2) is 0 Å². The van der Waals surface area contributed by atoms with Crippen LogP contribution in [0.15, 0.2) is 122 Å². The van der Waals surface area contributed by atoms with E-state index in [9.17, 15) is 0 Å². The largest absolute Gasteiger partial charge is 0.264 e. The Bertz CT molecular complexity index is 1540. The van der Waals surface area contributed by atoms with Crippen molar-refractivity contribution in [1.29, 1.82) is 0 Å². The Hall–Kier alpha value is -4.13. The van der Waals surface area contributed by atoms with Crippen molar-refractivity contribution in [2.24, 2.45) is 0 Å². The highest BCUT2D eigenvalue weighted by Gasteiger charge is 2.26. The van der Waals surface area contributed by atoms with Gasteiger partial charge in [0, 0.05) is 24.8 Å². The van der Waals surface area contributed by atoms with Gasteiger partial charge in [0.2, 0.25) is 0 Å². The third kappa shape index (κ3) is 9.70. The molecule has 0 amide bonds. The summed E-state index contributed by atoms with van der Waals surface area (Å²) in [6.07, 6.45) is 16.0. The smallest absolute Gasteiger partial charge is 0.0561 e. The van der Waals surface area contributed by atoms with E-state index in [4.69, 9.17) is 0 Å². The molecule has 5 rings (SSSR count). The molecule has 4 heteroatoms. The molecule has 0 N–H and O–H groups in total. The number of aromatic nitrogens is 2. The molecular weight excluding hydrogens is 565 g/mol. The van der Waals surface area contributed by atoms with Crippen LogP contribution < -0.4 is 0 Å². The van der Waals surface area contributed by atoms with Gasteiger partial charge in [-0.15, -0.1) is 0 Å². The number of nitrogens with zero attached hydrogens (tertiary/aromatic N) is 2. The zero-order chi connectivity index (χ0) is 30.8. The molecule has 5 aromatic rings. The van der Waals surface area contributed by atoms with Crippen LogP contribution in [0.1, 0.15) is 44.5 Å². The molecule has 0 spiro atoms. The minimum atomic E-state index is -1.51. The first-order chi connectivity index (χ1) is 21.2. The molecule has 3 aromatic carbocycles. The quantitative estimate of drug-likeness (QED) is 0.132. The van der Waals surface area contributed by atoms with E-state index in [0.29, 0.717) is 0 Å². The van der Waals surface area contributed by atoms with E-state index in [0.717, 1.165) is 11.1 Å². The Balaban J connectivity index is 1.19. The summed E-state index contributed by atoms with van der Waals surface area (Å²) in [5.41, 5.74) is 10.7. The Labute approximate surface area is 266 Å². The van der Waals surface area contributed by atoms with Crippen LogP contribution in [0.3, 0.4) is 0 Å². The lowest BCUT2D eigenvalue weighted by molar-refractivity contribution is 1.14. The van der Waals surface area contributed by atoms with Crippen LogP contribution in [0, 0.1) is 0 Å². The number of rotatable bonds is 12. The highest BCUT2D eigenvalue weighted by molar-refractivity contribution is 6.77. The first kappa shape index (κ1) is 31.3. The molecule has 0 bridgehead atoms. The lowest BCUT2D eigenvalue weighted by Gasteiger charge is -2.27. The van der Waals surface area contributed by atoms with Crippen LogP contribution in [-0.4, -0.2) is 26.1 Å². The first-order valence-electron chi connectivity index (χ1n) is 15.6.